The summed E-state index contributed by atoms with van der Waals surface area (Å²) in [5.74, 6) is 0.755. The van der Waals surface area contributed by atoms with Gasteiger partial charge in [0.05, 0.1) is 6.61 Å². The summed E-state index contributed by atoms with van der Waals surface area (Å²) < 4.78 is 5.37. The number of aryl methyl sites for hydroxylation is 1. The number of anilines is 1. The van der Waals surface area contributed by atoms with Crippen LogP contribution in [0, 0.1) is 6.92 Å². The molecule has 0 aliphatic heterocycles. The normalized spacial score (nSPS) is 12.0. The summed E-state index contributed by atoms with van der Waals surface area (Å²) in [6.07, 6.45) is 0.834. The predicted octanol–water partition coefficient (Wildman–Crippen LogP) is 1.87. The lowest BCUT2D eigenvalue weighted by atomic mass is 10.2. The summed E-state index contributed by atoms with van der Waals surface area (Å²) in [6.45, 7) is 8.05. The Morgan fingerprint density at radius 3 is 2.68 bits per heavy atom. The highest BCUT2D eigenvalue weighted by atomic mass is 16.5. The van der Waals surface area contributed by atoms with Crippen LogP contribution in [0.5, 0.6) is 5.88 Å². The largest absolute Gasteiger partial charge is 0.480 e. The molecule has 1 rings (SSSR count). The topological polar surface area (TPSA) is 75.5 Å². The Kier molecular flexibility index (Phi) is 5.54. The second-order valence-corrected chi connectivity index (χ2v) is 4.32. The number of aromatic nitrogens is 2. The summed E-state index contributed by atoms with van der Waals surface area (Å²) in [7, 11) is 0. The van der Waals surface area contributed by atoms with Gasteiger partial charge >= 0.3 is 5.97 Å². The maximum atomic E-state index is 11.0. The van der Waals surface area contributed by atoms with Crippen molar-refractivity contribution in [3.05, 3.63) is 11.9 Å². The Bertz CT molecular complexity index is 437. The van der Waals surface area contributed by atoms with Gasteiger partial charge in [0.15, 0.2) is 0 Å². The molecule has 1 heterocycles. The molecular weight excluding hydrogens is 246 g/mol. The Hall–Kier alpha value is -1.85. The van der Waals surface area contributed by atoms with Gasteiger partial charge in [-0.25, -0.2) is 4.98 Å². The molecule has 0 spiro atoms. The molecule has 0 amide bonds. The van der Waals surface area contributed by atoms with Gasteiger partial charge < -0.3 is 14.7 Å². The third-order valence-corrected chi connectivity index (χ3v) is 2.82. The molecule has 1 aromatic heterocycles. The zero-order valence-corrected chi connectivity index (χ0v) is 11.9. The molecule has 0 aromatic carbocycles. The van der Waals surface area contributed by atoms with E-state index in [0.717, 1.165) is 6.42 Å². The maximum absolute atomic E-state index is 11.0. The van der Waals surface area contributed by atoms with Crippen LogP contribution in [0.2, 0.25) is 0 Å². The van der Waals surface area contributed by atoms with Gasteiger partial charge in [-0.3, -0.25) is 4.79 Å². The second kappa shape index (κ2) is 6.92. The molecule has 0 radical (unpaired) electrons. The van der Waals surface area contributed by atoms with Crippen LogP contribution >= 0.6 is 0 Å². The fraction of sp³-hybridized carbons (Fsp3) is 0.615. The molecule has 1 N–H and O–H groups in total. The highest BCUT2D eigenvalue weighted by Crippen LogP contribution is 2.20. The molecule has 106 valence electrons. The predicted molar refractivity (Wildman–Crippen MR) is 72.7 cm³/mol. The number of aliphatic carboxylic acids is 1. The Balaban J connectivity index is 3.09. The molecule has 0 fully saturated rings. The summed E-state index contributed by atoms with van der Waals surface area (Å²) in [5.41, 5.74) is 0. The Labute approximate surface area is 113 Å². The van der Waals surface area contributed by atoms with Gasteiger partial charge in [0.1, 0.15) is 18.2 Å². The lowest BCUT2D eigenvalue weighted by Crippen LogP contribution is -2.37. The first-order valence-corrected chi connectivity index (χ1v) is 6.44. The van der Waals surface area contributed by atoms with Gasteiger partial charge in [-0.2, -0.15) is 4.98 Å². The molecule has 0 saturated carbocycles. The van der Waals surface area contributed by atoms with Crippen molar-refractivity contribution >= 4 is 11.8 Å². The fourth-order valence-electron chi connectivity index (χ4n) is 1.72. The number of hydrogen-bond acceptors (Lipinski definition) is 5. The van der Waals surface area contributed by atoms with Gasteiger partial charge in [0.25, 0.3) is 0 Å². The molecule has 0 aliphatic carbocycles. The first-order chi connectivity index (χ1) is 8.97. The van der Waals surface area contributed by atoms with Gasteiger partial charge in [-0.15, -0.1) is 0 Å². The van der Waals surface area contributed by atoms with Crippen molar-refractivity contribution in [1.29, 1.82) is 0 Å². The van der Waals surface area contributed by atoms with E-state index in [2.05, 4.69) is 9.97 Å². The van der Waals surface area contributed by atoms with E-state index in [1.54, 1.807) is 17.9 Å². The first-order valence-electron chi connectivity index (χ1n) is 6.44. The minimum atomic E-state index is -0.880. The van der Waals surface area contributed by atoms with Crippen molar-refractivity contribution in [1.82, 2.24) is 9.97 Å². The zero-order valence-electron chi connectivity index (χ0n) is 11.9. The van der Waals surface area contributed by atoms with E-state index in [0.29, 0.717) is 24.1 Å². The van der Waals surface area contributed by atoms with Gasteiger partial charge in [-0.1, -0.05) is 6.92 Å². The van der Waals surface area contributed by atoms with E-state index in [1.165, 1.54) is 0 Å². The van der Waals surface area contributed by atoms with E-state index in [1.807, 2.05) is 20.8 Å². The molecule has 6 heteroatoms. The standard InChI is InChI=1S/C13H21N3O3/c1-5-9(3)16(8-13(17)18)11-7-12(19-6-2)15-10(4)14-11/h7,9H,5-6,8H2,1-4H3,(H,17,18). The van der Waals surface area contributed by atoms with Crippen molar-refractivity contribution in [3.8, 4) is 5.88 Å². The molecule has 6 nitrogen and oxygen atoms in total. The van der Waals surface area contributed by atoms with E-state index in [-0.39, 0.29) is 12.6 Å². The van der Waals surface area contributed by atoms with Crippen LogP contribution in [0.4, 0.5) is 5.82 Å². The summed E-state index contributed by atoms with van der Waals surface area (Å²) >= 11 is 0. The SMILES string of the molecule is CCOc1cc(N(CC(=O)O)C(C)CC)nc(C)n1. The van der Waals surface area contributed by atoms with E-state index >= 15 is 0 Å². The minimum Gasteiger partial charge on any atom is -0.480 e. The number of carboxylic acids is 1. The Morgan fingerprint density at radius 2 is 2.16 bits per heavy atom. The third-order valence-electron chi connectivity index (χ3n) is 2.82. The molecule has 0 aliphatic rings. The van der Waals surface area contributed by atoms with Crippen LogP contribution < -0.4 is 9.64 Å². The summed E-state index contributed by atoms with van der Waals surface area (Å²) in [4.78, 5) is 21.2. The quantitative estimate of drug-likeness (QED) is 0.813. The van der Waals surface area contributed by atoms with E-state index < -0.39 is 5.97 Å². The number of carbonyl (C=O) groups is 1. The minimum absolute atomic E-state index is 0.0832. The smallest absolute Gasteiger partial charge is 0.323 e. The second-order valence-electron chi connectivity index (χ2n) is 4.32. The molecule has 1 aromatic rings. The van der Waals surface area contributed by atoms with Crippen LogP contribution in [-0.4, -0.2) is 40.2 Å². The monoisotopic (exact) mass is 267 g/mol. The molecule has 1 atom stereocenters. The first kappa shape index (κ1) is 15.2. The van der Waals surface area contributed by atoms with Gasteiger partial charge in [0.2, 0.25) is 5.88 Å². The summed E-state index contributed by atoms with van der Waals surface area (Å²) in [6, 6.07) is 1.77. The zero-order chi connectivity index (χ0) is 14.4. The maximum Gasteiger partial charge on any atom is 0.323 e. The van der Waals surface area contributed by atoms with Crippen LogP contribution in [0.25, 0.3) is 0 Å². The number of nitrogens with zero attached hydrogens (tertiary/aromatic N) is 3. The van der Waals surface area contributed by atoms with Crippen molar-refractivity contribution in [2.24, 2.45) is 0 Å². The highest BCUT2D eigenvalue weighted by Gasteiger charge is 2.19. The van der Waals surface area contributed by atoms with Crippen LogP contribution in [0.15, 0.2) is 6.07 Å². The third kappa shape index (κ3) is 4.39. The molecule has 0 saturated heterocycles. The molecule has 1 unspecified atom stereocenters. The van der Waals surface area contributed by atoms with Crippen molar-refractivity contribution < 1.29 is 14.6 Å². The average Bonchev–Trinajstić information content (AvgIpc) is 2.34. The van der Waals surface area contributed by atoms with Gasteiger partial charge in [-0.05, 0) is 27.2 Å². The summed E-state index contributed by atoms with van der Waals surface area (Å²) in [5, 5.41) is 9.02. The van der Waals surface area contributed by atoms with Crippen LogP contribution in [0.1, 0.15) is 33.0 Å². The number of rotatable bonds is 7. The van der Waals surface area contributed by atoms with Crippen LogP contribution in [0.3, 0.4) is 0 Å². The van der Waals surface area contributed by atoms with Crippen molar-refractivity contribution in [3.63, 3.8) is 0 Å². The van der Waals surface area contributed by atoms with Crippen molar-refractivity contribution in [2.75, 3.05) is 18.1 Å². The van der Waals surface area contributed by atoms with E-state index in [9.17, 15) is 4.79 Å². The lowest BCUT2D eigenvalue weighted by molar-refractivity contribution is -0.135. The molecule has 0 bridgehead atoms. The number of carboxylic acid groups (broad SMARTS) is 1. The Morgan fingerprint density at radius 1 is 1.47 bits per heavy atom. The molecule has 19 heavy (non-hydrogen) atoms. The average molecular weight is 267 g/mol. The van der Waals surface area contributed by atoms with E-state index in [4.69, 9.17) is 9.84 Å². The number of hydrogen-bond donors (Lipinski definition) is 1. The molecular formula is C13H21N3O3. The number of ether oxygens (including phenoxy) is 1. The highest BCUT2D eigenvalue weighted by molar-refractivity contribution is 5.73. The van der Waals surface area contributed by atoms with Crippen LogP contribution in [-0.2, 0) is 4.79 Å². The lowest BCUT2D eigenvalue weighted by Gasteiger charge is -2.28. The fourth-order valence-corrected chi connectivity index (χ4v) is 1.72. The van der Waals surface area contributed by atoms with Gasteiger partial charge in [0, 0.05) is 12.1 Å². The van der Waals surface area contributed by atoms with Crippen molar-refractivity contribution in [2.45, 2.75) is 40.2 Å².